The van der Waals surface area contributed by atoms with Crippen molar-refractivity contribution < 1.29 is 4.79 Å². The summed E-state index contributed by atoms with van der Waals surface area (Å²) in [6.45, 7) is 4.01. The van der Waals surface area contributed by atoms with E-state index in [1.165, 1.54) is 17.3 Å². The molecule has 3 aromatic rings. The quantitative estimate of drug-likeness (QED) is 0.684. The lowest BCUT2D eigenvalue weighted by atomic mass is 10.1. The molecular formula is C19H20N4OS. The van der Waals surface area contributed by atoms with Crippen LogP contribution in [0, 0.1) is 6.92 Å². The lowest BCUT2D eigenvalue weighted by Gasteiger charge is -2.08. The highest BCUT2D eigenvalue weighted by Crippen LogP contribution is 2.22. The molecule has 0 fully saturated rings. The van der Waals surface area contributed by atoms with Gasteiger partial charge >= 0.3 is 0 Å². The minimum Gasteiger partial charge on any atom is -0.325 e. The average molecular weight is 352 g/mol. The van der Waals surface area contributed by atoms with Crippen molar-refractivity contribution in [1.82, 2.24) is 14.8 Å². The Labute approximate surface area is 151 Å². The minimum atomic E-state index is -0.0606. The molecule has 0 aliphatic rings. The molecule has 1 amide bonds. The maximum absolute atomic E-state index is 12.2. The highest BCUT2D eigenvalue weighted by molar-refractivity contribution is 7.99. The molecule has 0 spiro atoms. The van der Waals surface area contributed by atoms with Gasteiger partial charge in [0.05, 0.1) is 5.75 Å². The Kier molecular flexibility index (Phi) is 5.50. The number of carbonyl (C=O) groups excluding carboxylic acids is 1. The number of benzene rings is 2. The standard InChI is InChI=1S/C19H20N4OS/c1-3-15-9-11-16(12-10-15)20-18(24)13-25-19-22-21-14(2)23(19)17-7-5-4-6-8-17/h4-12H,3,13H2,1-2H3,(H,20,24). The van der Waals surface area contributed by atoms with Gasteiger partial charge in [-0.1, -0.05) is 49.0 Å². The van der Waals surface area contributed by atoms with Crippen molar-refractivity contribution in [2.75, 3.05) is 11.1 Å². The topological polar surface area (TPSA) is 59.8 Å². The van der Waals surface area contributed by atoms with Crippen LogP contribution >= 0.6 is 11.8 Å². The SMILES string of the molecule is CCc1ccc(NC(=O)CSc2nnc(C)n2-c2ccccc2)cc1. The highest BCUT2D eigenvalue weighted by atomic mass is 32.2. The van der Waals surface area contributed by atoms with E-state index < -0.39 is 0 Å². The smallest absolute Gasteiger partial charge is 0.234 e. The van der Waals surface area contributed by atoms with Gasteiger partial charge in [0.2, 0.25) is 5.91 Å². The predicted molar refractivity (Wildman–Crippen MR) is 101 cm³/mol. The van der Waals surface area contributed by atoms with E-state index in [2.05, 4.69) is 22.4 Å². The highest BCUT2D eigenvalue weighted by Gasteiger charge is 2.13. The van der Waals surface area contributed by atoms with Gasteiger partial charge in [0.25, 0.3) is 0 Å². The van der Waals surface area contributed by atoms with E-state index in [-0.39, 0.29) is 11.7 Å². The maximum atomic E-state index is 12.2. The summed E-state index contributed by atoms with van der Waals surface area (Å²) in [7, 11) is 0. The van der Waals surface area contributed by atoms with E-state index in [4.69, 9.17) is 0 Å². The lowest BCUT2D eigenvalue weighted by molar-refractivity contribution is -0.113. The molecule has 0 bridgehead atoms. The van der Waals surface area contributed by atoms with Gasteiger partial charge in [-0.05, 0) is 43.2 Å². The summed E-state index contributed by atoms with van der Waals surface area (Å²) < 4.78 is 1.95. The molecule has 0 aliphatic heterocycles. The molecule has 0 unspecified atom stereocenters. The van der Waals surface area contributed by atoms with E-state index >= 15 is 0 Å². The molecule has 6 heteroatoms. The van der Waals surface area contributed by atoms with Crippen LogP contribution in [0.15, 0.2) is 59.8 Å². The Morgan fingerprint density at radius 3 is 2.48 bits per heavy atom. The molecule has 0 aliphatic carbocycles. The largest absolute Gasteiger partial charge is 0.325 e. The minimum absolute atomic E-state index is 0.0606. The van der Waals surface area contributed by atoms with Crippen molar-refractivity contribution in [1.29, 1.82) is 0 Å². The van der Waals surface area contributed by atoms with Crippen LogP contribution in [0.25, 0.3) is 5.69 Å². The molecule has 0 saturated carbocycles. The van der Waals surface area contributed by atoms with Crippen molar-refractivity contribution in [3.63, 3.8) is 0 Å². The van der Waals surface area contributed by atoms with E-state index in [9.17, 15) is 4.79 Å². The van der Waals surface area contributed by atoms with Gasteiger partial charge in [0.1, 0.15) is 5.82 Å². The number of nitrogens with one attached hydrogen (secondary N) is 1. The second-order valence-electron chi connectivity index (χ2n) is 5.59. The van der Waals surface area contributed by atoms with Crippen LogP contribution in [0.1, 0.15) is 18.3 Å². The first-order valence-corrected chi connectivity index (χ1v) is 9.15. The Morgan fingerprint density at radius 1 is 1.08 bits per heavy atom. The van der Waals surface area contributed by atoms with Crippen molar-refractivity contribution in [2.24, 2.45) is 0 Å². The van der Waals surface area contributed by atoms with Crippen molar-refractivity contribution in [3.8, 4) is 5.69 Å². The van der Waals surface area contributed by atoms with Gasteiger partial charge in [-0.15, -0.1) is 10.2 Å². The number of aromatic nitrogens is 3. The summed E-state index contributed by atoms with van der Waals surface area (Å²) in [6, 6.07) is 17.8. The van der Waals surface area contributed by atoms with Crippen LogP contribution in [0.2, 0.25) is 0 Å². The zero-order valence-corrected chi connectivity index (χ0v) is 15.1. The summed E-state index contributed by atoms with van der Waals surface area (Å²) in [6.07, 6.45) is 0.985. The summed E-state index contributed by atoms with van der Waals surface area (Å²) >= 11 is 1.38. The second kappa shape index (κ2) is 7.98. The monoisotopic (exact) mass is 352 g/mol. The third kappa shape index (κ3) is 4.28. The van der Waals surface area contributed by atoms with E-state index in [1.54, 1.807) is 0 Å². The average Bonchev–Trinajstić information content (AvgIpc) is 3.02. The van der Waals surface area contributed by atoms with Crippen molar-refractivity contribution in [3.05, 3.63) is 66.0 Å². The number of thioether (sulfide) groups is 1. The van der Waals surface area contributed by atoms with Crippen molar-refractivity contribution >= 4 is 23.4 Å². The number of para-hydroxylation sites is 1. The summed E-state index contributed by atoms with van der Waals surface area (Å²) in [4.78, 5) is 12.2. The first kappa shape index (κ1) is 17.2. The van der Waals surface area contributed by atoms with E-state index in [0.29, 0.717) is 5.16 Å². The Balaban J connectivity index is 1.64. The number of amides is 1. The number of anilines is 1. The predicted octanol–water partition coefficient (Wildman–Crippen LogP) is 3.87. The molecule has 1 heterocycles. The first-order chi connectivity index (χ1) is 12.2. The molecule has 1 N–H and O–H groups in total. The molecule has 25 heavy (non-hydrogen) atoms. The van der Waals surface area contributed by atoms with Crippen LogP contribution in [0.3, 0.4) is 0 Å². The molecule has 2 aromatic carbocycles. The van der Waals surface area contributed by atoms with Gasteiger partial charge in [0, 0.05) is 11.4 Å². The molecular weight excluding hydrogens is 332 g/mol. The van der Waals surface area contributed by atoms with E-state index in [0.717, 1.165) is 23.6 Å². The van der Waals surface area contributed by atoms with Gasteiger partial charge in [0.15, 0.2) is 5.16 Å². The van der Waals surface area contributed by atoms with Crippen LogP contribution < -0.4 is 5.32 Å². The molecule has 5 nitrogen and oxygen atoms in total. The van der Waals surface area contributed by atoms with Crippen LogP contribution in [0.4, 0.5) is 5.69 Å². The molecule has 0 radical (unpaired) electrons. The summed E-state index contributed by atoms with van der Waals surface area (Å²) in [5.41, 5.74) is 3.05. The van der Waals surface area contributed by atoms with Crippen LogP contribution in [0.5, 0.6) is 0 Å². The number of rotatable bonds is 6. The fourth-order valence-corrected chi connectivity index (χ4v) is 3.26. The zero-order valence-electron chi connectivity index (χ0n) is 14.3. The Hall–Kier alpha value is -2.60. The normalized spacial score (nSPS) is 10.6. The van der Waals surface area contributed by atoms with Crippen LogP contribution in [-0.2, 0) is 11.2 Å². The summed E-state index contributed by atoms with van der Waals surface area (Å²) in [5, 5.41) is 11.9. The number of carbonyl (C=O) groups is 1. The molecule has 3 rings (SSSR count). The number of hydrogen-bond donors (Lipinski definition) is 1. The third-order valence-corrected chi connectivity index (χ3v) is 4.72. The molecule has 0 saturated heterocycles. The number of hydrogen-bond acceptors (Lipinski definition) is 4. The number of aryl methyl sites for hydroxylation is 2. The maximum Gasteiger partial charge on any atom is 0.234 e. The summed E-state index contributed by atoms with van der Waals surface area (Å²) in [5.74, 6) is 1.01. The Bertz CT molecular complexity index is 844. The van der Waals surface area contributed by atoms with Crippen molar-refractivity contribution in [2.45, 2.75) is 25.4 Å². The van der Waals surface area contributed by atoms with Gasteiger partial charge in [-0.2, -0.15) is 0 Å². The van der Waals surface area contributed by atoms with Gasteiger partial charge in [-0.3, -0.25) is 9.36 Å². The van der Waals surface area contributed by atoms with E-state index in [1.807, 2.05) is 66.1 Å². The fraction of sp³-hybridized carbons (Fsp3) is 0.211. The van der Waals surface area contributed by atoms with Gasteiger partial charge < -0.3 is 5.32 Å². The Morgan fingerprint density at radius 2 is 1.80 bits per heavy atom. The molecule has 1 aromatic heterocycles. The van der Waals surface area contributed by atoms with Gasteiger partial charge in [-0.25, -0.2) is 0 Å². The zero-order chi connectivity index (χ0) is 17.6. The fourth-order valence-electron chi connectivity index (χ4n) is 2.46. The molecule has 128 valence electrons. The molecule has 0 atom stereocenters. The second-order valence-corrected chi connectivity index (χ2v) is 6.53. The first-order valence-electron chi connectivity index (χ1n) is 8.16. The van der Waals surface area contributed by atoms with Crippen LogP contribution in [-0.4, -0.2) is 26.4 Å². The third-order valence-electron chi connectivity index (χ3n) is 3.79. The number of nitrogens with zero attached hydrogens (tertiary/aromatic N) is 3. The lowest BCUT2D eigenvalue weighted by Crippen LogP contribution is -2.14.